The van der Waals surface area contributed by atoms with Crippen LogP contribution in [-0.2, 0) is 13.5 Å². The van der Waals surface area contributed by atoms with Gasteiger partial charge in [0.15, 0.2) is 0 Å². The van der Waals surface area contributed by atoms with Gasteiger partial charge in [0.05, 0.1) is 17.5 Å². The molecule has 0 aliphatic rings. The summed E-state index contributed by atoms with van der Waals surface area (Å²) in [5, 5.41) is 14.4. The summed E-state index contributed by atoms with van der Waals surface area (Å²) in [5.41, 5.74) is 3.24. The summed E-state index contributed by atoms with van der Waals surface area (Å²) in [6.07, 6.45) is 6.89. The van der Waals surface area contributed by atoms with E-state index in [2.05, 4.69) is 34.5 Å². The van der Waals surface area contributed by atoms with E-state index in [9.17, 15) is 5.26 Å². The van der Waals surface area contributed by atoms with Gasteiger partial charge >= 0.3 is 0 Å². The fraction of sp³-hybridized carbons (Fsp3) is 0.400. The Bertz CT molecular complexity index is 957. The third-order valence-electron chi connectivity index (χ3n) is 4.35. The summed E-state index contributed by atoms with van der Waals surface area (Å²) in [6, 6.07) is 4.37. The highest BCUT2D eigenvalue weighted by molar-refractivity contribution is 8.15. The molecule has 28 heavy (non-hydrogen) atoms. The third kappa shape index (κ3) is 4.59. The highest BCUT2D eigenvalue weighted by Crippen LogP contribution is 2.35. The minimum absolute atomic E-state index is 0.618. The van der Waals surface area contributed by atoms with E-state index in [0.29, 0.717) is 5.56 Å². The van der Waals surface area contributed by atoms with Gasteiger partial charge in [-0.3, -0.25) is 0 Å². The minimum atomic E-state index is 0.618. The van der Waals surface area contributed by atoms with E-state index < -0.39 is 0 Å². The molecule has 0 spiro atoms. The number of hydrogen-bond acceptors (Lipinski definition) is 7. The van der Waals surface area contributed by atoms with E-state index >= 15 is 0 Å². The lowest BCUT2D eigenvalue weighted by Crippen LogP contribution is -2.01. The van der Waals surface area contributed by atoms with Crippen molar-refractivity contribution in [2.24, 2.45) is 7.05 Å². The van der Waals surface area contributed by atoms with Gasteiger partial charge in [0, 0.05) is 35.7 Å². The Morgan fingerprint density at radius 1 is 1.29 bits per heavy atom. The molecule has 0 unspecified atom stereocenters. The lowest BCUT2D eigenvalue weighted by atomic mass is 10.1. The number of thiazole rings is 1. The molecule has 0 radical (unpaired) electrons. The van der Waals surface area contributed by atoms with Crippen molar-refractivity contribution in [1.82, 2.24) is 19.5 Å². The Morgan fingerprint density at radius 3 is 2.79 bits per heavy atom. The van der Waals surface area contributed by atoms with E-state index in [1.165, 1.54) is 12.8 Å². The van der Waals surface area contributed by atoms with Crippen LogP contribution in [0.25, 0.3) is 22.0 Å². The SMILES string of the molecule is CCCCSCSc1nc(-c2nccs2)cc(-c2cnc(CC)n2C)c1C#N. The van der Waals surface area contributed by atoms with E-state index in [1.54, 1.807) is 29.3 Å². The second-order valence-electron chi connectivity index (χ2n) is 6.18. The molecular formula is C20H23N5S3. The Morgan fingerprint density at radius 2 is 2.14 bits per heavy atom. The standard InChI is InChI=1S/C20H23N5S3/c1-4-6-8-26-13-28-19-15(11-21)14(17-12-23-18(5-2)25(17)3)10-16(24-19)20-22-7-9-27-20/h7,9-10,12H,4-6,8,13H2,1-3H3. The number of aryl methyl sites for hydroxylation is 1. The maximum Gasteiger partial charge on any atom is 0.141 e. The van der Waals surface area contributed by atoms with Crippen molar-refractivity contribution in [3.05, 3.63) is 35.2 Å². The monoisotopic (exact) mass is 429 g/mol. The maximum absolute atomic E-state index is 9.92. The zero-order chi connectivity index (χ0) is 19.9. The predicted octanol–water partition coefficient (Wildman–Crippen LogP) is 5.62. The van der Waals surface area contributed by atoms with Crippen LogP contribution in [0, 0.1) is 11.3 Å². The molecule has 3 aromatic rings. The van der Waals surface area contributed by atoms with Crippen molar-refractivity contribution in [2.75, 3.05) is 10.8 Å². The average Bonchev–Trinajstić information content (AvgIpc) is 3.37. The molecule has 0 fully saturated rings. The molecular weight excluding hydrogens is 406 g/mol. The zero-order valence-corrected chi connectivity index (χ0v) is 18.8. The van der Waals surface area contributed by atoms with Crippen LogP contribution >= 0.6 is 34.9 Å². The van der Waals surface area contributed by atoms with Crippen LogP contribution in [-0.4, -0.2) is 30.4 Å². The average molecular weight is 430 g/mol. The fourth-order valence-corrected chi connectivity index (χ4v) is 5.63. The molecule has 3 rings (SSSR count). The number of imidazole rings is 1. The minimum Gasteiger partial charge on any atom is -0.331 e. The van der Waals surface area contributed by atoms with Gasteiger partial charge in [-0.25, -0.2) is 15.0 Å². The van der Waals surface area contributed by atoms with Gasteiger partial charge < -0.3 is 4.57 Å². The first-order valence-corrected chi connectivity index (χ1v) is 12.3. The normalized spacial score (nSPS) is 10.9. The number of pyridine rings is 1. The van der Waals surface area contributed by atoms with E-state index in [4.69, 9.17) is 4.98 Å². The van der Waals surface area contributed by atoms with Gasteiger partial charge in [0.2, 0.25) is 0 Å². The van der Waals surface area contributed by atoms with Crippen molar-refractivity contribution in [3.63, 3.8) is 0 Å². The van der Waals surface area contributed by atoms with Gasteiger partial charge in [-0.05, 0) is 18.2 Å². The summed E-state index contributed by atoms with van der Waals surface area (Å²) < 4.78 is 2.06. The maximum atomic E-state index is 9.92. The Kier molecular flexibility index (Phi) is 7.54. The molecule has 0 saturated heterocycles. The zero-order valence-electron chi connectivity index (χ0n) is 16.3. The summed E-state index contributed by atoms with van der Waals surface area (Å²) in [5.74, 6) is 2.13. The van der Waals surface area contributed by atoms with E-state index in [-0.39, 0.29) is 0 Å². The molecule has 0 aromatic carbocycles. The molecule has 0 bridgehead atoms. The molecule has 0 amide bonds. The van der Waals surface area contributed by atoms with Crippen molar-refractivity contribution in [1.29, 1.82) is 5.26 Å². The number of unbranched alkanes of at least 4 members (excludes halogenated alkanes) is 1. The van der Waals surface area contributed by atoms with Crippen LogP contribution in [0.5, 0.6) is 0 Å². The number of nitrogens with zero attached hydrogens (tertiary/aromatic N) is 5. The van der Waals surface area contributed by atoms with Crippen LogP contribution in [0.1, 0.15) is 38.1 Å². The second kappa shape index (κ2) is 10.1. The number of aromatic nitrogens is 4. The third-order valence-corrected chi connectivity index (χ3v) is 7.43. The number of nitriles is 1. The van der Waals surface area contributed by atoms with Crippen molar-refractivity contribution in [3.8, 4) is 28.0 Å². The first kappa shape index (κ1) is 20.9. The number of thioether (sulfide) groups is 2. The Labute approximate surface area is 178 Å². The van der Waals surface area contributed by atoms with Crippen molar-refractivity contribution in [2.45, 2.75) is 38.1 Å². The van der Waals surface area contributed by atoms with Crippen LogP contribution in [0.4, 0.5) is 0 Å². The molecule has 3 heterocycles. The van der Waals surface area contributed by atoms with Crippen LogP contribution in [0.15, 0.2) is 28.9 Å². The van der Waals surface area contributed by atoms with Gasteiger partial charge in [0.1, 0.15) is 27.6 Å². The van der Waals surface area contributed by atoms with Gasteiger partial charge in [-0.1, -0.05) is 32.0 Å². The smallest absolute Gasteiger partial charge is 0.141 e. The summed E-state index contributed by atoms with van der Waals surface area (Å²) in [7, 11) is 2.00. The van der Waals surface area contributed by atoms with Crippen LogP contribution in [0.2, 0.25) is 0 Å². The topological polar surface area (TPSA) is 67.4 Å². The van der Waals surface area contributed by atoms with Gasteiger partial charge in [-0.2, -0.15) is 17.0 Å². The molecule has 0 aliphatic carbocycles. The molecule has 0 atom stereocenters. The van der Waals surface area contributed by atoms with Gasteiger partial charge in [0.25, 0.3) is 0 Å². The van der Waals surface area contributed by atoms with E-state index in [1.807, 2.05) is 36.5 Å². The van der Waals surface area contributed by atoms with Crippen LogP contribution in [0.3, 0.4) is 0 Å². The number of rotatable bonds is 9. The number of hydrogen-bond donors (Lipinski definition) is 0. The summed E-state index contributed by atoms with van der Waals surface area (Å²) in [4.78, 5) is 13.7. The first-order valence-electron chi connectivity index (χ1n) is 9.26. The summed E-state index contributed by atoms with van der Waals surface area (Å²) >= 11 is 5.09. The van der Waals surface area contributed by atoms with Crippen LogP contribution < -0.4 is 0 Å². The van der Waals surface area contributed by atoms with Crippen molar-refractivity contribution >= 4 is 34.9 Å². The largest absolute Gasteiger partial charge is 0.331 e. The molecule has 8 heteroatoms. The Hall–Kier alpha value is -1.82. The lowest BCUT2D eigenvalue weighted by Gasteiger charge is -2.12. The highest BCUT2D eigenvalue weighted by Gasteiger charge is 2.19. The lowest BCUT2D eigenvalue weighted by molar-refractivity contribution is 0.812. The quantitative estimate of drug-likeness (QED) is 0.250. The molecule has 0 aliphatic heterocycles. The molecule has 146 valence electrons. The highest BCUT2D eigenvalue weighted by atomic mass is 32.2. The Balaban J connectivity index is 2.04. The van der Waals surface area contributed by atoms with Crippen molar-refractivity contribution < 1.29 is 0 Å². The molecule has 5 nitrogen and oxygen atoms in total. The van der Waals surface area contributed by atoms with E-state index in [0.717, 1.165) is 50.1 Å². The van der Waals surface area contributed by atoms with Gasteiger partial charge in [-0.15, -0.1) is 11.3 Å². The molecule has 0 saturated carbocycles. The molecule has 3 aromatic heterocycles. The second-order valence-corrected chi connectivity index (χ2v) is 9.51. The summed E-state index contributed by atoms with van der Waals surface area (Å²) in [6.45, 7) is 4.28. The fourth-order valence-electron chi connectivity index (χ4n) is 2.83. The predicted molar refractivity (Wildman–Crippen MR) is 120 cm³/mol. The molecule has 0 N–H and O–H groups in total. The first-order chi connectivity index (χ1) is 13.7.